The Bertz CT molecular complexity index is 498. The fourth-order valence-electron chi connectivity index (χ4n) is 1.34. The average Bonchev–Trinajstić information content (AvgIpc) is 2.78. The van der Waals surface area contributed by atoms with Crippen LogP contribution in [0.4, 0.5) is 0 Å². The average molecular weight is 324 g/mol. The van der Waals surface area contributed by atoms with E-state index in [9.17, 15) is 4.79 Å². The van der Waals surface area contributed by atoms with Gasteiger partial charge in [-0.2, -0.15) is 0 Å². The molecule has 0 bridgehead atoms. The van der Waals surface area contributed by atoms with Gasteiger partial charge >= 0.3 is 5.97 Å². The van der Waals surface area contributed by atoms with Crippen molar-refractivity contribution in [2.75, 3.05) is 0 Å². The summed E-state index contributed by atoms with van der Waals surface area (Å²) < 4.78 is 0. The molecule has 18 heavy (non-hydrogen) atoms. The minimum atomic E-state index is -0.774. The molecular weight excluding hydrogens is 306 g/mol. The third-order valence-electron chi connectivity index (χ3n) is 2.84. The molecule has 0 spiro atoms. The normalized spacial score (nSPS) is 9.56. The van der Waals surface area contributed by atoms with Gasteiger partial charge in [0, 0.05) is 17.1 Å². The number of carboxylic acids is 1. The smallest absolute Gasteiger partial charge is 0.339 e. The Morgan fingerprint density at radius 1 is 1.00 bits per heavy atom. The summed E-state index contributed by atoms with van der Waals surface area (Å²) in [5.74, 6) is 5.74. The van der Waals surface area contributed by atoms with Gasteiger partial charge in [0.2, 0.25) is 0 Å². The summed E-state index contributed by atoms with van der Waals surface area (Å²) in [6.07, 6.45) is 0. The fraction of sp³-hybridized carbons (Fsp3) is 0.308. The number of hydrogen-bond donors (Lipinski definition) is 1. The van der Waals surface area contributed by atoms with Crippen LogP contribution in [0.15, 0.2) is 17.4 Å². The van der Waals surface area contributed by atoms with E-state index in [4.69, 9.17) is 5.11 Å². The second-order valence-electron chi connectivity index (χ2n) is 4.10. The third kappa shape index (κ3) is 4.67. The molecule has 0 aliphatic heterocycles. The first-order chi connectivity index (χ1) is 7.93. The minimum absolute atomic E-state index is 0. The molecule has 2 rings (SSSR count). The summed E-state index contributed by atoms with van der Waals surface area (Å²) >= 11 is 0. The van der Waals surface area contributed by atoms with Gasteiger partial charge in [0.15, 0.2) is 0 Å². The van der Waals surface area contributed by atoms with Crippen LogP contribution in [0, 0.1) is 27.7 Å². The zero-order valence-electron chi connectivity index (χ0n) is 10.9. The number of rotatable bonds is 1. The summed E-state index contributed by atoms with van der Waals surface area (Å²) in [6.45, 7) is 8.12. The van der Waals surface area contributed by atoms with E-state index >= 15 is 0 Å². The third-order valence-corrected chi connectivity index (χ3v) is 5.49. The predicted molar refractivity (Wildman–Crippen MR) is 77.8 cm³/mol. The first kappa shape index (κ1) is 17.5. The Kier molecular flexibility index (Phi) is 7.67. The van der Waals surface area contributed by atoms with Gasteiger partial charge in [0.1, 0.15) is 0 Å². The second kappa shape index (κ2) is 7.87. The van der Waals surface area contributed by atoms with E-state index in [2.05, 4.69) is 25.4 Å². The van der Waals surface area contributed by atoms with Gasteiger partial charge in [-0.3, -0.25) is 0 Å². The topological polar surface area (TPSA) is 37.3 Å². The predicted octanol–water partition coefficient (Wildman–Crippen LogP) is 4.37. The van der Waals surface area contributed by atoms with Gasteiger partial charge in [-0.15, -0.1) is 16.4 Å². The summed E-state index contributed by atoms with van der Waals surface area (Å²) in [5, 5.41) is 9.18. The summed E-state index contributed by atoms with van der Waals surface area (Å²) in [7, 11) is 1.30. The fourth-order valence-corrected chi connectivity index (χ4v) is 3.49. The zero-order valence-corrected chi connectivity index (χ0v) is 14.0. The number of carbonyl (C=O) groups is 1. The molecule has 0 aliphatic rings. The Morgan fingerprint density at radius 3 is 1.67 bits per heavy atom. The molecule has 0 aromatic carbocycles. The minimum Gasteiger partial charge on any atom is -0.477 e. The van der Waals surface area contributed by atoms with Crippen LogP contribution in [0.25, 0.3) is 0 Å². The first-order valence-corrected chi connectivity index (χ1v) is 7.64. The van der Waals surface area contributed by atoms with Gasteiger partial charge in [0.25, 0.3) is 0 Å². The van der Waals surface area contributed by atoms with Crippen LogP contribution in [0.2, 0.25) is 0 Å². The Morgan fingerprint density at radius 2 is 1.50 bits per heavy atom. The molecule has 1 unspecified atom stereocenters. The van der Waals surface area contributed by atoms with Crippen molar-refractivity contribution in [3.05, 3.63) is 44.9 Å². The van der Waals surface area contributed by atoms with Crippen molar-refractivity contribution in [3.8, 4) is 0 Å². The van der Waals surface area contributed by atoms with Crippen molar-refractivity contribution >= 4 is 22.4 Å². The standard InChI is InChI=1S/C7H9O2P.C6H9P.Fe/c1-4-3-10-6(5(4)2)7(8)9;1-5-3-7-4-6(5)2;/h3,10H,1-2H3,(H,8,9);3-4,7H,1-2H3;. The molecule has 0 saturated heterocycles. The molecule has 0 radical (unpaired) electrons. The SMILES string of the molecule is Cc1c[pH]c(C(=O)O)c1C.Cc1c[pH]cc1C.[Fe]. The van der Waals surface area contributed by atoms with Crippen LogP contribution in [0.5, 0.6) is 0 Å². The van der Waals surface area contributed by atoms with Gasteiger partial charge in [-0.05, 0) is 67.3 Å². The van der Waals surface area contributed by atoms with E-state index in [1.165, 1.54) is 11.1 Å². The molecule has 1 N–H and O–H groups in total. The molecule has 2 aromatic heterocycles. The molecule has 0 fully saturated rings. The van der Waals surface area contributed by atoms with E-state index in [1.807, 2.05) is 19.6 Å². The van der Waals surface area contributed by atoms with Crippen LogP contribution in [-0.4, -0.2) is 11.1 Å². The molecule has 0 saturated carbocycles. The quantitative estimate of drug-likeness (QED) is 0.791. The number of carboxylic acid groups (broad SMARTS) is 1. The largest absolute Gasteiger partial charge is 0.477 e. The van der Waals surface area contributed by atoms with Gasteiger partial charge < -0.3 is 5.11 Å². The van der Waals surface area contributed by atoms with Crippen molar-refractivity contribution in [2.45, 2.75) is 27.7 Å². The van der Waals surface area contributed by atoms with Crippen molar-refractivity contribution < 1.29 is 27.0 Å². The van der Waals surface area contributed by atoms with Crippen LogP contribution >= 0.6 is 16.4 Å². The first-order valence-electron chi connectivity index (χ1n) is 5.41. The Hall–Kier alpha value is -0.451. The second-order valence-corrected chi connectivity index (χ2v) is 6.09. The Labute approximate surface area is 122 Å². The molecule has 2 nitrogen and oxygen atoms in total. The molecule has 1 atom stereocenters. The van der Waals surface area contributed by atoms with Crippen molar-refractivity contribution in [1.29, 1.82) is 0 Å². The van der Waals surface area contributed by atoms with Crippen molar-refractivity contribution in [3.63, 3.8) is 0 Å². The molecule has 5 heteroatoms. The van der Waals surface area contributed by atoms with E-state index in [-0.39, 0.29) is 17.1 Å². The molecular formula is C13H18FeO2P2. The van der Waals surface area contributed by atoms with E-state index in [0.717, 1.165) is 19.3 Å². The van der Waals surface area contributed by atoms with E-state index < -0.39 is 5.97 Å². The maximum Gasteiger partial charge on any atom is 0.339 e. The summed E-state index contributed by atoms with van der Waals surface area (Å²) in [5.41, 5.74) is 4.96. The van der Waals surface area contributed by atoms with Crippen molar-refractivity contribution in [2.24, 2.45) is 0 Å². The maximum absolute atomic E-state index is 10.5. The van der Waals surface area contributed by atoms with Gasteiger partial charge in [0.05, 0.1) is 5.30 Å². The number of aromatic carboxylic acids is 1. The summed E-state index contributed by atoms with van der Waals surface area (Å²) in [6, 6.07) is 0. The molecule has 0 amide bonds. The van der Waals surface area contributed by atoms with E-state index in [1.54, 1.807) is 0 Å². The van der Waals surface area contributed by atoms with Crippen LogP contribution in [0.3, 0.4) is 0 Å². The number of hydrogen-bond acceptors (Lipinski definition) is 1. The van der Waals surface area contributed by atoms with Crippen LogP contribution in [0.1, 0.15) is 32.3 Å². The molecule has 2 aromatic rings. The molecule has 100 valence electrons. The van der Waals surface area contributed by atoms with Gasteiger partial charge in [-0.25, -0.2) is 4.79 Å². The van der Waals surface area contributed by atoms with Crippen LogP contribution in [-0.2, 0) is 17.1 Å². The Balaban J connectivity index is 0.000000321. The summed E-state index contributed by atoms with van der Waals surface area (Å²) in [4.78, 5) is 10.5. The van der Waals surface area contributed by atoms with E-state index in [0.29, 0.717) is 13.5 Å². The zero-order chi connectivity index (χ0) is 13.0. The maximum atomic E-state index is 10.5. The van der Waals surface area contributed by atoms with Crippen molar-refractivity contribution in [1.82, 2.24) is 0 Å². The molecule has 2 heterocycles. The molecule has 0 aliphatic carbocycles. The van der Waals surface area contributed by atoms with Gasteiger partial charge in [-0.1, -0.05) is 0 Å². The number of aryl methyl sites for hydroxylation is 3. The van der Waals surface area contributed by atoms with Crippen LogP contribution < -0.4 is 0 Å². The monoisotopic (exact) mass is 324 g/mol.